The summed E-state index contributed by atoms with van der Waals surface area (Å²) in [5.74, 6) is 0.667. The summed E-state index contributed by atoms with van der Waals surface area (Å²) in [5, 5.41) is 0. The van der Waals surface area contributed by atoms with Gasteiger partial charge >= 0.3 is 0 Å². The fourth-order valence-electron chi connectivity index (χ4n) is 2.03. The van der Waals surface area contributed by atoms with Crippen molar-refractivity contribution < 1.29 is 9.22 Å². The summed E-state index contributed by atoms with van der Waals surface area (Å²) in [6.45, 7) is 0. The van der Waals surface area contributed by atoms with E-state index in [0.717, 1.165) is 16.0 Å². The average molecular weight is 320 g/mol. The summed E-state index contributed by atoms with van der Waals surface area (Å²) < 4.78 is 5.36. The molecule has 0 spiro atoms. The second kappa shape index (κ2) is 8.22. The van der Waals surface area contributed by atoms with Gasteiger partial charge in [0, 0.05) is 10.5 Å². The molecule has 3 aromatic carbocycles. The van der Waals surface area contributed by atoms with Gasteiger partial charge < -0.3 is 4.89 Å². The molecule has 0 heterocycles. The third-order valence-corrected chi connectivity index (χ3v) is 3.75. The lowest BCUT2D eigenvalue weighted by molar-refractivity contribution is -0.110. The lowest BCUT2D eigenvalue weighted by Crippen LogP contribution is -1.90. The van der Waals surface area contributed by atoms with Crippen LogP contribution in [0.25, 0.3) is 11.8 Å². The molecule has 2 nitrogen and oxygen atoms in total. The fraction of sp³-hybridized carbons (Fsp3) is 0. The standard InChI is InChI=1S/C20H16O2S/c1-4-10-17(11-5-1)16-20(18-12-6-2-7-13-18)21-22-23-19-14-8-3-9-15-19/h1-16H. The third-order valence-electron chi connectivity index (χ3n) is 3.15. The van der Waals surface area contributed by atoms with Gasteiger partial charge in [-0.1, -0.05) is 78.9 Å². The number of rotatable bonds is 6. The van der Waals surface area contributed by atoms with Crippen molar-refractivity contribution >= 4 is 23.9 Å². The van der Waals surface area contributed by atoms with E-state index in [1.807, 2.05) is 97.1 Å². The first-order chi connectivity index (χ1) is 11.4. The molecular weight excluding hydrogens is 304 g/mol. The molecule has 0 aromatic heterocycles. The predicted molar refractivity (Wildman–Crippen MR) is 95.2 cm³/mol. The highest BCUT2D eigenvalue weighted by Crippen LogP contribution is 2.25. The van der Waals surface area contributed by atoms with Crippen molar-refractivity contribution in [2.75, 3.05) is 0 Å². The summed E-state index contributed by atoms with van der Waals surface area (Å²) in [5.41, 5.74) is 2.02. The van der Waals surface area contributed by atoms with Crippen LogP contribution in [0.2, 0.25) is 0 Å². The Morgan fingerprint density at radius 2 is 1.26 bits per heavy atom. The minimum atomic E-state index is 0.667. The highest BCUT2D eigenvalue weighted by Gasteiger charge is 2.05. The van der Waals surface area contributed by atoms with Crippen LogP contribution in [0, 0.1) is 0 Å². The second-order valence-electron chi connectivity index (χ2n) is 4.83. The molecule has 0 aliphatic heterocycles. The molecule has 0 radical (unpaired) electrons. The summed E-state index contributed by atoms with van der Waals surface area (Å²) in [6.07, 6.45) is 1.96. The molecule has 3 heteroatoms. The number of hydrogen-bond acceptors (Lipinski definition) is 3. The zero-order valence-electron chi connectivity index (χ0n) is 12.5. The largest absolute Gasteiger partial charge is 0.324 e. The highest BCUT2D eigenvalue weighted by atomic mass is 32.2. The quantitative estimate of drug-likeness (QED) is 0.187. The van der Waals surface area contributed by atoms with Crippen LogP contribution < -0.4 is 0 Å². The van der Waals surface area contributed by atoms with Gasteiger partial charge in [-0.05, 0) is 23.8 Å². The molecule has 0 saturated heterocycles. The first-order valence-corrected chi connectivity index (χ1v) is 8.04. The van der Waals surface area contributed by atoms with Crippen LogP contribution in [0.15, 0.2) is 95.9 Å². The van der Waals surface area contributed by atoms with Crippen molar-refractivity contribution in [1.82, 2.24) is 0 Å². The van der Waals surface area contributed by atoms with E-state index in [9.17, 15) is 0 Å². The van der Waals surface area contributed by atoms with Crippen molar-refractivity contribution in [3.63, 3.8) is 0 Å². The van der Waals surface area contributed by atoms with Gasteiger partial charge in [0.2, 0.25) is 0 Å². The summed E-state index contributed by atoms with van der Waals surface area (Å²) in [7, 11) is 0. The van der Waals surface area contributed by atoms with Crippen molar-refractivity contribution in [1.29, 1.82) is 0 Å². The van der Waals surface area contributed by atoms with Crippen molar-refractivity contribution in [3.05, 3.63) is 102 Å². The van der Waals surface area contributed by atoms with Crippen LogP contribution in [0.1, 0.15) is 11.1 Å². The zero-order chi connectivity index (χ0) is 15.7. The van der Waals surface area contributed by atoms with Gasteiger partial charge in [-0.3, -0.25) is 0 Å². The van der Waals surface area contributed by atoms with Crippen LogP contribution in [0.5, 0.6) is 0 Å². The maximum atomic E-state index is 5.56. The van der Waals surface area contributed by atoms with Gasteiger partial charge in [0.1, 0.15) is 0 Å². The van der Waals surface area contributed by atoms with Crippen LogP contribution in [0.4, 0.5) is 0 Å². The summed E-state index contributed by atoms with van der Waals surface area (Å²) in [6, 6.07) is 29.8. The lowest BCUT2D eigenvalue weighted by Gasteiger charge is -2.08. The normalized spacial score (nSPS) is 11.2. The Balaban J connectivity index is 1.75. The van der Waals surface area contributed by atoms with E-state index in [1.54, 1.807) is 0 Å². The van der Waals surface area contributed by atoms with Gasteiger partial charge in [0.15, 0.2) is 5.76 Å². The molecule has 0 aliphatic rings. The van der Waals surface area contributed by atoms with E-state index >= 15 is 0 Å². The fourth-order valence-corrected chi connectivity index (χ4v) is 2.48. The second-order valence-corrected chi connectivity index (χ2v) is 5.61. The van der Waals surface area contributed by atoms with Crippen LogP contribution in [0.3, 0.4) is 0 Å². The van der Waals surface area contributed by atoms with Crippen LogP contribution in [-0.2, 0) is 9.22 Å². The number of benzene rings is 3. The summed E-state index contributed by atoms with van der Waals surface area (Å²) in [4.78, 5) is 6.55. The van der Waals surface area contributed by atoms with Gasteiger partial charge in [0.25, 0.3) is 0 Å². The molecule has 0 amide bonds. The smallest absolute Gasteiger partial charge is 0.174 e. The minimum Gasteiger partial charge on any atom is -0.324 e. The highest BCUT2D eigenvalue weighted by molar-refractivity contribution is 7.94. The Hall–Kier alpha value is -2.49. The van der Waals surface area contributed by atoms with Crippen molar-refractivity contribution in [3.8, 4) is 0 Å². The van der Waals surface area contributed by atoms with Gasteiger partial charge in [0.05, 0.1) is 12.0 Å². The SMILES string of the molecule is C(=C(OOSc1ccccc1)c1ccccc1)c1ccccc1. The molecule has 0 bridgehead atoms. The molecule has 0 saturated carbocycles. The van der Waals surface area contributed by atoms with Gasteiger partial charge in [-0.2, -0.15) is 0 Å². The summed E-state index contributed by atoms with van der Waals surface area (Å²) >= 11 is 1.19. The molecule has 3 aromatic rings. The van der Waals surface area contributed by atoms with Crippen molar-refractivity contribution in [2.45, 2.75) is 4.90 Å². The maximum absolute atomic E-state index is 5.56. The molecule has 0 aliphatic carbocycles. The molecule has 0 atom stereocenters. The molecule has 0 fully saturated rings. The third kappa shape index (κ3) is 4.74. The molecule has 0 unspecified atom stereocenters. The monoisotopic (exact) mass is 320 g/mol. The van der Waals surface area contributed by atoms with E-state index in [2.05, 4.69) is 0 Å². The predicted octanol–water partition coefficient (Wildman–Crippen LogP) is 5.84. The molecule has 114 valence electrons. The van der Waals surface area contributed by atoms with E-state index in [1.165, 1.54) is 12.0 Å². The molecule has 3 rings (SSSR count). The Morgan fingerprint density at radius 3 is 1.91 bits per heavy atom. The Kier molecular flexibility index (Phi) is 5.51. The van der Waals surface area contributed by atoms with E-state index < -0.39 is 0 Å². The minimum absolute atomic E-state index is 0.667. The Labute approximate surface area is 140 Å². The topological polar surface area (TPSA) is 18.5 Å². The Morgan fingerprint density at radius 1 is 0.696 bits per heavy atom. The maximum Gasteiger partial charge on any atom is 0.174 e. The van der Waals surface area contributed by atoms with Crippen LogP contribution in [-0.4, -0.2) is 0 Å². The van der Waals surface area contributed by atoms with Crippen LogP contribution >= 0.6 is 12.0 Å². The van der Waals surface area contributed by atoms with Gasteiger partial charge in [-0.25, -0.2) is 0 Å². The zero-order valence-corrected chi connectivity index (χ0v) is 13.3. The Bertz CT molecular complexity index is 740. The van der Waals surface area contributed by atoms with E-state index in [0.29, 0.717) is 5.76 Å². The first-order valence-electron chi connectivity index (χ1n) is 7.30. The van der Waals surface area contributed by atoms with E-state index in [4.69, 9.17) is 9.22 Å². The molecule has 23 heavy (non-hydrogen) atoms. The van der Waals surface area contributed by atoms with Gasteiger partial charge in [-0.15, -0.1) is 4.33 Å². The first kappa shape index (κ1) is 15.4. The molecule has 0 N–H and O–H groups in total. The van der Waals surface area contributed by atoms with Crippen molar-refractivity contribution in [2.24, 2.45) is 0 Å². The van der Waals surface area contributed by atoms with E-state index in [-0.39, 0.29) is 0 Å². The average Bonchev–Trinajstić information content (AvgIpc) is 2.63. The molecular formula is C20H16O2S. The lowest BCUT2D eigenvalue weighted by atomic mass is 10.1. The number of hydrogen-bond donors (Lipinski definition) is 0.